The van der Waals surface area contributed by atoms with Crippen molar-refractivity contribution in [2.75, 3.05) is 13.1 Å². The fourth-order valence-corrected chi connectivity index (χ4v) is 8.97. The minimum atomic E-state index is -1.05. The number of benzene rings is 3. The van der Waals surface area contributed by atoms with Crippen LogP contribution in [0.5, 0.6) is 11.5 Å². The van der Waals surface area contributed by atoms with E-state index in [9.17, 15) is 19.8 Å². The molecule has 5 atom stereocenters. The third-order valence-corrected chi connectivity index (χ3v) is 10.8. The van der Waals surface area contributed by atoms with E-state index in [0.29, 0.717) is 48.5 Å². The number of carbonyl (C=O) groups is 2. The molecule has 9 rings (SSSR count). The van der Waals surface area contributed by atoms with E-state index in [-0.39, 0.29) is 36.0 Å². The Morgan fingerprint density at radius 2 is 1.65 bits per heavy atom. The summed E-state index contributed by atoms with van der Waals surface area (Å²) < 4.78 is 6.63. The number of piperidine rings is 1. The number of ether oxygens (including phenoxy) is 1. The summed E-state index contributed by atoms with van der Waals surface area (Å²) in [5.74, 6) is 0.607. The summed E-state index contributed by atoms with van der Waals surface area (Å²) in [6.07, 6.45) is 4.23. The number of imide groups is 1. The lowest BCUT2D eigenvalue weighted by molar-refractivity contribution is -0.196. The number of carbonyl (C=O) groups excluding carboxylic acids is 2. The average Bonchev–Trinajstić information content (AvgIpc) is 3.63. The molecule has 3 aliphatic carbocycles. The molecule has 2 saturated carbocycles. The Morgan fingerprint density at radius 1 is 0.950 bits per heavy atom. The molecule has 3 aromatic carbocycles. The molecule has 0 radical (unpaired) electrons. The van der Waals surface area contributed by atoms with Gasteiger partial charge in [0.25, 0.3) is 11.8 Å². The minimum Gasteiger partial charge on any atom is -0.504 e. The summed E-state index contributed by atoms with van der Waals surface area (Å²) in [6, 6.07) is 14.5. The highest BCUT2D eigenvalue weighted by Gasteiger charge is 2.74. The molecular weight excluding hydrogens is 528 g/mol. The fraction of sp³-hybridized carbons (Fsp3) is 0.438. The number of hydrogen-bond donors (Lipinski definition) is 2. The van der Waals surface area contributed by atoms with Crippen molar-refractivity contribution in [3.05, 3.63) is 70.8 Å². The molecule has 2 bridgehead atoms. The maximum Gasteiger partial charge on any atom is 0.261 e. The summed E-state index contributed by atoms with van der Waals surface area (Å²) in [5, 5.41) is 25.5. The van der Waals surface area contributed by atoms with Crippen LogP contribution in [-0.2, 0) is 11.8 Å². The monoisotopic (exact) mass is 558 g/mol. The van der Waals surface area contributed by atoms with Crippen molar-refractivity contribution in [2.45, 2.75) is 67.7 Å². The smallest absolute Gasteiger partial charge is 0.261 e. The molecule has 206 valence electrons. The number of fused-ring (bicyclic) bond motifs is 2. The third kappa shape index (κ3) is 2.83. The number of halogens is 1. The number of rotatable bonds is 3. The zero-order chi connectivity index (χ0) is 26.3. The van der Waals surface area contributed by atoms with E-state index in [1.807, 2.05) is 42.5 Å². The van der Waals surface area contributed by atoms with Gasteiger partial charge in [-0.25, -0.2) is 0 Å². The first-order valence-electron chi connectivity index (χ1n) is 14.3. The van der Waals surface area contributed by atoms with Crippen molar-refractivity contribution in [3.8, 4) is 11.5 Å². The van der Waals surface area contributed by atoms with Crippen LogP contribution >= 0.6 is 12.4 Å². The first-order valence-corrected chi connectivity index (χ1v) is 14.3. The van der Waals surface area contributed by atoms with E-state index in [2.05, 4.69) is 4.90 Å². The first-order chi connectivity index (χ1) is 18.9. The molecule has 1 spiro atoms. The fourth-order valence-electron chi connectivity index (χ4n) is 8.97. The van der Waals surface area contributed by atoms with Crippen LogP contribution in [0.25, 0.3) is 10.8 Å². The average molecular weight is 559 g/mol. The zero-order valence-corrected chi connectivity index (χ0v) is 22.8. The van der Waals surface area contributed by atoms with Crippen molar-refractivity contribution in [1.82, 2.24) is 9.80 Å². The summed E-state index contributed by atoms with van der Waals surface area (Å²) in [7, 11) is 0. The van der Waals surface area contributed by atoms with Gasteiger partial charge in [0.05, 0.1) is 28.2 Å². The van der Waals surface area contributed by atoms with Gasteiger partial charge < -0.3 is 14.9 Å². The number of aliphatic hydroxyl groups is 1. The molecule has 8 heteroatoms. The van der Waals surface area contributed by atoms with Crippen LogP contribution < -0.4 is 4.74 Å². The number of phenols is 1. The molecular formula is C32H31ClN2O5. The predicted molar refractivity (Wildman–Crippen MR) is 150 cm³/mol. The van der Waals surface area contributed by atoms with Crippen LogP contribution in [0.2, 0.25) is 0 Å². The Kier molecular flexibility index (Phi) is 4.93. The van der Waals surface area contributed by atoms with Crippen LogP contribution in [0, 0.1) is 5.92 Å². The first kappa shape index (κ1) is 24.6. The van der Waals surface area contributed by atoms with Gasteiger partial charge in [0, 0.05) is 18.2 Å². The standard InChI is InChI=1S/C32H30N2O5.ClH/c35-24-8-7-20-15-25-32(38)10-9-23(28-31(32,26(20)27(24)39-28)11-12-33(25)16-17-5-6-17)34-29(36)21-13-18-3-1-2-4-19(18)14-22(21)30(34)37;/h1-4,7-8,13-14,17,23,25,28,35,38H,5-6,9-12,15-16H2;1H/t23-,25-,28-,31+,32-;/m1./s1. The van der Waals surface area contributed by atoms with E-state index >= 15 is 0 Å². The lowest BCUT2D eigenvalue weighted by Crippen LogP contribution is -2.78. The molecule has 3 aliphatic heterocycles. The molecule has 0 unspecified atom stereocenters. The molecule has 1 saturated heterocycles. The van der Waals surface area contributed by atoms with Crippen LogP contribution in [0.1, 0.15) is 63.9 Å². The highest BCUT2D eigenvalue weighted by molar-refractivity contribution is 6.23. The van der Waals surface area contributed by atoms with E-state index in [4.69, 9.17) is 4.74 Å². The molecule has 0 aromatic heterocycles. The van der Waals surface area contributed by atoms with Gasteiger partial charge in [-0.1, -0.05) is 30.3 Å². The molecule has 2 N–H and O–H groups in total. The van der Waals surface area contributed by atoms with Gasteiger partial charge in [0.1, 0.15) is 6.10 Å². The topological polar surface area (TPSA) is 90.3 Å². The van der Waals surface area contributed by atoms with E-state index in [1.165, 1.54) is 17.7 Å². The second-order valence-electron chi connectivity index (χ2n) is 12.6. The van der Waals surface area contributed by atoms with Crippen molar-refractivity contribution in [2.24, 2.45) is 5.92 Å². The van der Waals surface area contributed by atoms with Gasteiger partial charge in [-0.05, 0) is 85.5 Å². The van der Waals surface area contributed by atoms with Crippen molar-refractivity contribution in [1.29, 1.82) is 0 Å². The Hall–Kier alpha value is -3.13. The van der Waals surface area contributed by atoms with E-state index in [0.717, 1.165) is 35.0 Å². The number of nitrogens with zero attached hydrogens (tertiary/aromatic N) is 2. The molecule has 2 amide bonds. The maximum absolute atomic E-state index is 13.9. The van der Waals surface area contributed by atoms with E-state index in [1.54, 1.807) is 6.07 Å². The van der Waals surface area contributed by atoms with Gasteiger partial charge in [-0.2, -0.15) is 0 Å². The van der Waals surface area contributed by atoms with Gasteiger partial charge in [0.15, 0.2) is 11.5 Å². The second kappa shape index (κ2) is 7.99. The van der Waals surface area contributed by atoms with Crippen molar-refractivity contribution in [3.63, 3.8) is 0 Å². The Labute approximate surface area is 238 Å². The normalized spacial score (nSPS) is 33.4. The molecule has 3 fully saturated rings. The highest BCUT2D eigenvalue weighted by atomic mass is 35.5. The number of aromatic hydroxyl groups is 1. The maximum atomic E-state index is 13.9. The Balaban J connectivity index is 0.00000245. The van der Waals surface area contributed by atoms with Crippen molar-refractivity contribution < 1.29 is 24.5 Å². The number of hydrogen-bond acceptors (Lipinski definition) is 6. The molecule has 7 nitrogen and oxygen atoms in total. The van der Waals surface area contributed by atoms with Crippen molar-refractivity contribution >= 4 is 35.0 Å². The lowest BCUT2D eigenvalue weighted by atomic mass is 9.48. The van der Waals surface area contributed by atoms with Crippen LogP contribution in [0.15, 0.2) is 48.5 Å². The molecule has 3 heterocycles. The van der Waals surface area contributed by atoms with Gasteiger partial charge in [-0.15, -0.1) is 12.4 Å². The quantitative estimate of drug-likeness (QED) is 0.468. The molecule has 40 heavy (non-hydrogen) atoms. The lowest BCUT2D eigenvalue weighted by Gasteiger charge is -2.64. The summed E-state index contributed by atoms with van der Waals surface area (Å²) in [6.45, 7) is 1.84. The van der Waals surface area contributed by atoms with Gasteiger partial charge in [-0.3, -0.25) is 19.4 Å². The Morgan fingerprint density at radius 3 is 2.33 bits per heavy atom. The second-order valence-corrected chi connectivity index (χ2v) is 12.6. The summed E-state index contributed by atoms with van der Waals surface area (Å²) in [5.41, 5.74) is 1.04. The van der Waals surface area contributed by atoms with Crippen LogP contribution in [0.4, 0.5) is 0 Å². The molecule has 3 aromatic rings. The number of phenolic OH excluding ortho intramolecular Hbond substituents is 1. The third-order valence-electron chi connectivity index (χ3n) is 10.8. The highest BCUT2D eigenvalue weighted by Crippen LogP contribution is 2.66. The van der Waals surface area contributed by atoms with E-state index < -0.39 is 23.2 Å². The number of likely N-dealkylation sites (tertiary alicyclic amines) is 1. The largest absolute Gasteiger partial charge is 0.504 e. The Bertz CT molecular complexity index is 1580. The number of amides is 2. The van der Waals surface area contributed by atoms with Gasteiger partial charge in [0.2, 0.25) is 0 Å². The van der Waals surface area contributed by atoms with Crippen LogP contribution in [-0.4, -0.2) is 68.7 Å². The predicted octanol–water partition coefficient (Wildman–Crippen LogP) is 4.20. The van der Waals surface area contributed by atoms with Gasteiger partial charge >= 0.3 is 0 Å². The minimum absolute atomic E-state index is 0. The van der Waals surface area contributed by atoms with Crippen LogP contribution in [0.3, 0.4) is 0 Å². The summed E-state index contributed by atoms with van der Waals surface area (Å²) in [4.78, 5) is 31.7. The zero-order valence-electron chi connectivity index (χ0n) is 22.0. The SMILES string of the molecule is Cl.O=C1c2cc3ccccc3cc2C(=O)N1[C@@H]1CC[C@@]2(O)[C@H]3Cc4ccc(O)c5c4[C@@]2(CCN3CC2CC2)[C@@H]1O5. The summed E-state index contributed by atoms with van der Waals surface area (Å²) >= 11 is 0. The molecule has 6 aliphatic rings.